The highest BCUT2D eigenvalue weighted by Gasteiger charge is 2.18. The lowest BCUT2D eigenvalue weighted by Gasteiger charge is -2.25. The van der Waals surface area contributed by atoms with Crippen LogP contribution in [0.2, 0.25) is 0 Å². The summed E-state index contributed by atoms with van der Waals surface area (Å²) in [6.45, 7) is 2.78. The number of carbonyl (C=O) groups is 1. The lowest BCUT2D eigenvalue weighted by molar-refractivity contribution is 0.0688. The van der Waals surface area contributed by atoms with Crippen molar-refractivity contribution in [3.63, 3.8) is 0 Å². The van der Waals surface area contributed by atoms with Crippen LogP contribution in [0.3, 0.4) is 0 Å². The van der Waals surface area contributed by atoms with E-state index in [4.69, 9.17) is 5.11 Å². The monoisotopic (exact) mass is 227 g/mol. The number of rotatable bonds is 3. The molecule has 1 saturated heterocycles. The topological polar surface area (TPSA) is 66.3 Å². The number of likely N-dealkylation sites (tertiary alicyclic amines) is 1. The maximum Gasteiger partial charge on any atom is 0.357 e. The minimum absolute atomic E-state index is 0.116. The van der Waals surface area contributed by atoms with Crippen molar-refractivity contribution >= 4 is 17.5 Å². The smallest absolute Gasteiger partial charge is 0.357 e. The summed E-state index contributed by atoms with van der Waals surface area (Å²) in [4.78, 5) is 13.8. The molecule has 15 heavy (non-hydrogen) atoms. The van der Waals surface area contributed by atoms with Gasteiger partial charge in [-0.3, -0.25) is 4.90 Å². The average Bonchev–Trinajstić information content (AvgIpc) is 2.67. The summed E-state index contributed by atoms with van der Waals surface area (Å²) >= 11 is 1.19. The Kier molecular flexibility index (Phi) is 3.27. The van der Waals surface area contributed by atoms with Crippen LogP contribution in [0.1, 0.15) is 34.6 Å². The van der Waals surface area contributed by atoms with Gasteiger partial charge in [-0.15, -0.1) is 5.10 Å². The van der Waals surface area contributed by atoms with Crippen molar-refractivity contribution in [2.45, 2.75) is 25.8 Å². The zero-order chi connectivity index (χ0) is 10.7. The zero-order valence-electron chi connectivity index (χ0n) is 8.35. The third-order valence-corrected chi connectivity index (χ3v) is 3.28. The largest absolute Gasteiger partial charge is 0.476 e. The Bertz CT molecular complexity index is 347. The number of hydrogen-bond donors (Lipinski definition) is 1. The lowest BCUT2D eigenvalue weighted by atomic mass is 10.1. The molecule has 0 aliphatic carbocycles. The number of aromatic carboxylic acids is 1. The summed E-state index contributed by atoms with van der Waals surface area (Å²) < 4.78 is 3.69. The van der Waals surface area contributed by atoms with Crippen molar-refractivity contribution in [3.05, 3.63) is 10.6 Å². The predicted octanol–water partition coefficient (Wildman–Crippen LogP) is 1.22. The second-order valence-electron chi connectivity index (χ2n) is 3.69. The van der Waals surface area contributed by atoms with Gasteiger partial charge in [-0.05, 0) is 37.5 Å². The van der Waals surface area contributed by atoms with Crippen LogP contribution in [0.4, 0.5) is 0 Å². The van der Waals surface area contributed by atoms with Crippen LogP contribution in [-0.2, 0) is 6.54 Å². The molecule has 1 N–H and O–H groups in total. The fourth-order valence-electron chi connectivity index (χ4n) is 1.80. The molecular formula is C9H13N3O2S. The average molecular weight is 227 g/mol. The minimum Gasteiger partial charge on any atom is -0.476 e. The van der Waals surface area contributed by atoms with E-state index >= 15 is 0 Å². The maximum atomic E-state index is 10.8. The molecule has 1 aromatic rings. The molecule has 2 heterocycles. The molecule has 0 spiro atoms. The first-order chi connectivity index (χ1) is 7.27. The number of carboxylic acid groups (broad SMARTS) is 1. The summed E-state index contributed by atoms with van der Waals surface area (Å²) in [6, 6.07) is 0. The van der Waals surface area contributed by atoms with E-state index in [9.17, 15) is 4.79 Å². The van der Waals surface area contributed by atoms with Gasteiger partial charge in [0.15, 0.2) is 5.69 Å². The highest BCUT2D eigenvalue weighted by Crippen LogP contribution is 2.17. The van der Waals surface area contributed by atoms with Crippen LogP contribution in [0.5, 0.6) is 0 Å². The molecule has 0 bridgehead atoms. The van der Waals surface area contributed by atoms with Gasteiger partial charge in [0.1, 0.15) is 0 Å². The van der Waals surface area contributed by atoms with Gasteiger partial charge in [-0.25, -0.2) is 4.79 Å². The number of aromatic nitrogens is 2. The van der Waals surface area contributed by atoms with Gasteiger partial charge in [0, 0.05) is 6.54 Å². The first-order valence-electron chi connectivity index (χ1n) is 5.04. The van der Waals surface area contributed by atoms with Gasteiger partial charge in [0.2, 0.25) is 0 Å². The Morgan fingerprint density at radius 2 is 2.13 bits per heavy atom. The first-order valence-corrected chi connectivity index (χ1v) is 5.81. The number of nitrogens with zero attached hydrogens (tertiary/aromatic N) is 3. The molecule has 82 valence electrons. The summed E-state index contributed by atoms with van der Waals surface area (Å²) in [6.07, 6.45) is 3.69. The standard InChI is InChI=1S/C9H13N3O2S/c13-9(14)8-7(15-11-10-8)6-12-4-2-1-3-5-12/h1-6H2,(H,13,14). The second-order valence-corrected chi connectivity index (χ2v) is 4.53. The van der Waals surface area contributed by atoms with Gasteiger partial charge in [0.25, 0.3) is 0 Å². The summed E-state index contributed by atoms with van der Waals surface area (Å²) in [5, 5.41) is 12.5. The Morgan fingerprint density at radius 1 is 1.40 bits per heavy atom. The van der Waals surface area contributed by atoms with Gasteiger partial charge in [0.05, 0.1) is 4.88 Å². The molecule has 0 atom stereocenters. The summed E-state index contributed by atoms with van der Waals surface area (Å²) in [7, 11) is 0. The maximum absolute atomic E-state index is 10.8. The minimum atomic E-state index is -0.976. The SMILES string of the molecule is O=C(O)c1nnsc1CN1CCCCC1. The highest BCUT2D eigenvalue weighted by atomic mass is 32.1. The molecule has 0 unspecified atom stereocenters. The third kappa shape index (κ3) is 2.51. The summed E-state index contributed by atoms with van der Waals surface area (Å²) in [5.74, 6) is -0.976. The predicted molar refractivity (Wildman–Crippen MR) is 56.0 cm³/mol. The van der Waals surface area contributed by atoms with Crippen molar-refractivity contribution in [2.75, 3.05) is 13.1 Å². The molecular weight excluding hydrogens is 214 g/mol. The Balaban J connectivity index is 2.03. The summed E-state index contributed by atoms with van der Waals surface area (Å²) in [5.41, 5.74) is 0.116. The van der Waals surface area contributed by atoms with Crippen molar-refractivity contribution in [1.82, 2.24) is 14.5 Å². The van der Waals surface area contributed by atoms with E-state index in [1.54, 1.807) is 0 Å². The molecule has 1 aliphatic rings. The second kappa shape index (κ2) is 4.67. The molecule has 6 heteroatoms. The number of carboxylic acids is 1. The van der Waals surface area contributed by atoms with Crippen LogP contribution < -0.4 is 0 Å². The van der Waals surface area contributed by atoms with E-state index in [2.05, 4.69) is 14.5 Å². The number of piperidine rings is 1. The Labute approximate surface area is 91.9 Å². The molecule has 0 saturated carbocycles. The Morgan fingerprint density at radius 3 is 2.80 bits per heavy atom. The molecule has 2 rings (SSSR count). The van der Waals surface area contributed by atoms with E-state index in [0.29, 0.717) is 6.54 Å². The van der Waals surface area contributed by atoms with Crippen molar-refractivity contribution in [1.29, 1.82) is 0 Å². The molecule has 0 radical (unpaired) electrons. The van der Waals surface area contributed by atoms with Crippen LogP contribution in [0.15, 0.2) is 0 Å². The van der Waals surface area contributed by atoms with Crippen molar-refractivity contribution in [3.8, 4) is 0 Å². The van der Waals surface area contributed by atoms with Gasteiger partial charge < -0.3 is 5.11 Å². The zero-order valence-corrected chi connectivity index (χ0v) is 9.16. The quantitative estimate of drug-likeness (QED) is 0.841. The van der Waals surface area contributed by atoms with E-state index in [-0.39, 0.29) is 5.69 Å². The molecule has 1 aromatic heterocycles. The normalized spacial score (nSPS) is 17.9. The first kappa shape index (κ1) is 10.5. The third-order valence-electron chi connectivity index (χ3n) is 2.57. The molecule has 0 aromatic carbocycles. The van der Waals surface area contributed by atoms with Crippen LogP contribution in [-0.4, -0.2) is 38.7 Å². The van der Waals surface area contributed by atoms with Gasteiger partial charge in [-0.1, -0.05) is 10.9 Å². The van der Waals surface area contributed by atoms with Crippen LogP contribution >= 0.6 is 11.5 Å². The highest BCUT2D eigenvalue weighted by molar-refractivity contribution is 7.05. The van der Waals surface area contributed by atoms with E-state index in [0.717, 1.165) is 18.0 Å². The fourth-order valence-corrected chi connectivity index (χ4v) is 2.47. The molecule has 1 fully saturated rings. The number of hydrogen-bond acceptors (Lipinski definition) is 5. The van der Waals surface area contributed by atoms with Crippen molar-refractivity contribution < 1.29 is 9.90 Å². The molecule has 5 nitrogen and oxygen atoms in total. The van der Waals surface area contributed by atoms with Crippen LogP contribution in [0.25, 0.3) is 0 Å². The van der Waals surface area contributed by atoms with Crippen molar-refractivity contribution in [2.24, 2.45) is 0 Å². The van der Waals surface area contributed by atoms with Gasteiger partial charge >= 0.3 is 5.97 Å². The van der Waals surface area contributed by atoms with Gasteiger partial charge in [-0.2, -0.15) is 0 Å². The van der Waals surface area contributed by atoms with E-state index in [1.165, 1.54) is 30.8 Å². The van der Waals surface area contributed by atoms with Crippen LogP contribution in [0, 0.1) is 0 Å². The lowest BCUT2D eigenvalue weighted by Crippen LogP contribution is -2.29. The molecule has 1 aliphatic heterocycles. The van der Waals surface area contributed by atoms with E-state index in [1.807, 2.05) is 0 Å². The molecule has 0 amide bonds. The van der Waals surface area contributed by atoms with E-state index < -0.39 is 5.97 Å². The fraction of sp³-hybridized carbons (Fsp3) is 0.667. The Hall–Kier alpha value is -1.01.